The zero-order chi connectivity index (χ0) is 19.0. The molecule has 2 fully saturated rings. The first kappa shape index (κ1) is 19.5. The summed E-state index contributed by atoms with van der Waals surface area (Å²) in [4.78, 5) is 14.8. The number of carbonyl (C=O) groups is 1. The van der Waals surface area contributed by atoms with Crippen molar-refractivity contribution in [2.24, 2.45) is 5.92 Å². The Morgan fingerprint density at radius 1 is 1.33 bits per heavy atom. The maximum atomic E-state index is 12.4. The number of benzene rings is 1. The van der Waals surface area contributed by atoms with Gasteiger partial charge in [0.2, 0.25) is 0 Å². The third kappa shape index (κ3) is 3.60. The van der Waals surface area contributed by atoms with Crippen LogP contribution in [0.4, 0.5) is 0 Å². The van der Waals surface area contributed by atoms with Crippen LogP contribution in [0.25, 0.3) is 6.08 Å². The third-order valence-corrected chi connectivity index (χ3v) is 6.95. The molecule has 2 heterocycles. The number of rotatable bonds is 3. The molecule has 2 aliphatic heterocycles. The van der Waals surface area contributed by atoms with Gasteiger partial charge in [-0.2, -0.15) is 0 Å². The van der Waals surface area contributed by atoms with E-state index in [1.165, 1.54) is 12.0 Å². The van der Waals surface area contributed by atoms with Crippen LogP contribution >= 0.6 is 31.9 Å². The number of fused-ring (bicyclic) bond motifs is 2. The predicted octanol–water partition coefficient (Wildman–Crippen LogP) is 5.53. The summed E-state index contributed by atoms with van der Waals surface area (Å²) in [6.07, 6.45) is 8.55. The van der Waals surface area contributed by atoms with Crippen LogP contribution in [-0.2, 0) is 9.53 Å². The summed E-state index contributed by atoms with van der Waals surface area (Å²) >= 11 is 7.26. The Kier molecular flexibility index (Phi) is 5.68. The minimum atomic E-state index is -0.424. The van der Waals surface area contributed by atoms with Gasteiger partial charge in [0.15, 0.2) is 5.72 Å². The average Bonchev–Trinajstić information content (AvgIpc) is 2.67. The lowest BCUT2D eigenvalue weighted by Crippen LogP contribution is -2.60. The second kappa shape index (κ2) is 7.88. The molecule has 27 heavy (non-hydrogen) atoms. The van der Waals surface area contributed by atoms with Crippen molar-refractivity contribution in [1.29, 1.82) is 0 Å². The van der Waals surface area contributed by atoms with Gasteiger partial charge in [0, 0.05) is 29.5 Å². The molecule has 6 heteroatoms. The van der Waals surface area contributed by atoms with Gasteiger partial charge in [-0.3, -0.25) is 9.69 Å². The molecule has 1 aromatic rings. The molecule has 4 rings (SSSR count). The highest BCUT2D eigenvalue weighted by molar-refractivity contribution is 9.11. The van der Waals surface area contributed by atoms with Crippen LogP contribution in [-0.4, -0.2) is 36.3 Å². The van der Waals surface area contributed by atoms with E-state index in [4.69, 9.17) is 9.47 Å². The highest BCUT2D eigenvalue weighted by Crippen LogP contribution is 2.49. The molecule has 146 valence electrons. The number of esters is 1. The van der Waals surface area contributed by atoms with Gasteiger partial charge in [0.05, 0.1) is 17.0 Å². The van der Waals surface area contributed by atoms with Gasteiger partial charge in [-0.1, -0.05) is 15.9 Å². The van der Waals surface area contributed by atoms with Gasteiger partial charge < -0.3 is 9.47 Å². The maximum absolute atomic E-state index is 12.4. The molecule has 1 saturated carbocycles. The largest absolute Gasteiger partial charge is 0.467 e. The minimum Gasteiger partial charge on any atom is -0.467 e. The van der Waals surface area contributed by atoms with Gasteiger partial charge in [-0.15, -0.1) is 0 Å². The number of piperidine rings is 1. The molecule has 1 aromatic carbocycles. The van der Waals surface area contributed by atoms with Gasteiger partial charge in [-0.05, 0) is 78.7 Å². The molecule has 4 nitrogen and oxygen atoms in total. The number of carbonyl (C=O) groups excluding carboxylic acids is 1. The highest BCUT2D eigenvalue weighted by Gasteiger charge is 2.48. The molecule has 2 unspecified atom stereocenters. The molecule has 0 bridgehead atoms. The first-order chi connectivity index (χ1) is 13.0. The first-order valence-corrected chi connectivity index (χ1v) is 11.4. The Hall–Kier alpha value is -0.850. The van der Waals surface area contributed by atoms with E-state index in [1.54, 1.807) is 0 Å². The summed E-state index contributed by atoms with van der Waals surface area (Å²) in [6, 6.07) is 4.15. The van der Waals surface area contributed by atoms with E-state index < -0.39 is 5.72 Å². The number of hydrogen-bond donors (Lipinski definition) is 0. The number of hydrogen-bond acceptors (Lipinski definition) is 4. The average molecular weight is 499 g/mol. The van der Waals surface area contributed by atoms with Crippen LogP contribution in [0.1, 0.15) is 51.0 Å². The maximum Gasteiger partial charge on any atom is 0.310 e. The van der Waals surface area contributed by atoms with Crippen molar-refractivity contribution in [2.45, 2.75) is 51.2 Å². The van der Waals surface area contributed by atoms with Crippen molar-refractivity contribution in [3.05, 3.63) is 32.2 Å². The third-order valence-electron chi connectivity index (χ3n) is 5.90. The Labute approximate surface area is 177 Å². The van der Waals surface area contributed by atoms with Crippen LogP contribution < -0.4 is 4.74 Å². The van der Waals surface area contributed by atoms with E-state index >= 15 is 0 Å². The number of nitrogens with zero attached hydrogens (tertiary/aromatic N) is 1. The lowest BCUT2D eigenvalue weighted by Gasteiger charge is -2.51. The Bertz CT molecular complexity index is 779. The zero-order valence-corrected chi connectivity index (χ0v) is 18.8. The normalized spacial score (nSPS) is 27.8. The monoisotopic (exact) mass is 497 g/mol. The summed E-state index contributed by atoms with van der Waals surface area (Å²) < 4.78 is 14.1. The molecular weight excluding hydrogens is 474 g/mol. The predicted molar refractivity (Wildman–Crippen MR) is 113 cm³/mol. The molecule has 1 saturated heterocycles. The molecular formula is C21H25Br2NO3. The quantitative estimate of drug-likeness (QED) is 0.513. The van der Waals surface area contributed by atoms with Gasteiger partial charge in [0.25, 0.3) is 0 Å². The Morgan fingerprint density at radius 2 is 2.19 bits per heavy atom. The fourth-order valence-corrected chi connectivity index (χ4v) is 6.01. The lowest BCUT2D eigenvalue weighted by molar-refractivity contribution is -0.154. The minimum absolute atomic E-state index is 0.0605. The van der Waals surface area contributed by atoms with E-state index in [2.05, 4.69) is 48.9 Å². The van der Waals surface area contributed by atoms with E-state index in [-0.39, 0.29) is 11.9 Å². The number of ether oxygens (including phenoxy) is 2. The molecule has 1 aliphatic carbocycles. The van der Waals surface area contributed by atoms with Gasteiger partial charge >= 0.3 is 5.97 Å². The summed E-state index contributed by atoms with van der Waals surface area (Å²) in [5.74, 6) is 0.776. The molecule has 0 N–H and O–H groups in total. The zero-order valence-electron chi connectivity index (χ0n) is 15.6. The molecule has 0 spiro atoms. The SMILES string of the molecule is CCOC(=O)C1CCCN(C23CCCCC2=Cc2cc(Br)cc(Br)c2O3)C1. The summed E-state index contributed by atoms with van der Waals surface area (Å²) in [5, 5.41) is 0. The van der Waals surface area contributed by atoms with Crippen LogP contribution in [0.2, 0.25) is 0 Å². The van der Waals surface area contributed by atoms with E-state index in [0.717, 1.165) is 58.9 Å². The van der Waals surface area contributed by atoms with Gasteiger partial charge in [-0.25, -0.2) is 0 Å². The van der Waals surface area contributed by atoms with Crippen molar-refractivity contribution >= 4 is 43.9 Å². The molecule has 3 aliphatic rings. The topological polar surface area (TPSA) is 38.8 Å². The summed E-state index contributed by atoms with van der Waals surface area (Å²) in [6.45, 7) is 3.98. The lowest BCUT2D eigenvalue weighted by atomic mass is 9.80. The number of halogens is 2. The molecule has 0 aromatic heterocycles. The molecule has 0 amide bonds. The smallest absolute Gasteiger partial charge is 0.310 e. The van der Waals surface area contributed by atoms with Gasteiger partial charge in [0.1, 0.15) is 5.75 Å². The van der Waals surface area contributed by atoms with Crippen molar-refractivity contribution < 1.29 is 14.3 Å². The summed E-state index contributed by atoms with van der Waals surface area (Å²) in [5.41, 5.74) is 2.03. The van der Waals surface area contributed by atoms with E-state index in [9.17, 15) is 4.79 Å². The van der Waals surface area contributed by atoms with E-state index in [0.29, 0.717) is 13.2 Å². The van der Waals surface area contributed by atoms with Crippen LogP contribution in [0.15, 0.2) is 26.7 Å². The van der Waals surface area contributed by atoms with Crippen molar-refractivity contribution in [3.63, 3.8) is 0 Å². The van der Waals surface area contributed by atoms with Crippen molar-refractivity contribution in [2.75, 3.05) is 19.7 Å². The fraction of sp³-hybridized carbons (Fsp3) is 0.571. The number of likely N-dealkylation sites (tertiary alicyclic amines) is 1. The molecule has 0 radical (unpaired) electrons. The van der Waals surface area contributed by atoms with E-state index in [1.807, 2.05) is 13.0 Å². The fourth-order valence-electron chi connectivity index (χ4n) is 4.67. The van der Waals surface area contributed by atoms with Crippen molar-refractivity contribution in [1.82, 2.24) is 4.90 Å². The first-order valence-electron chi connectivity index (χ1n) is 9.84. The Balaban J connectivity index is 1.68. The Morgan fingerprint density at radius 3 is 3.00 bits per heavy atom. The van der Waals surface area contributed by atoms with Crippen LogP contribution in [0.5, 0.6) is 5.75 Å². The summed E-state index contributed by atoms with van der Waals surface area (Å²) in [7, 11) is 0. The van der Waals surface area contributed by atoms with Crippen LogP contribution in [0.3, 0.4) is 0 Å². The second-order valence-corrected chi connectivity index (χ2v) is 9.38. The standard InChI is InChI=1S/C21H25Br2NO3/c1-2-26-20(25)14-6-5-9-24(13-14)21-8-4-3-7-16(21)10-15-11-17(22)12-18(23)19(15)27-21/h10-12,14H,2-9,13H2,1H3. The van der Waals surface area contributed by atoms with Crippen molar-refractivity contribution in [3.8, 4) is 5.75 Å². The van der Waals surface area contributed by atoms with Crippen LogP contribution in [0, 0.1) is 5.92 Å². The molecule has 2 atom stereocenters. The highest BCUT2D eigenvalue weighted by atomic mass is 79.9. The second-order valence-electron chi connectivity index (χ2n) is 7.61.